The lowest BCUT2D eigenvalue weighted by Gasteiger charge is -2.17. The van der Waals surface area contributed by atoms with Crippen molar-refractivity contribution >= 4 is 5.97 Å². The van der Waals surface area contributed by atoms with Crippen LogP contribution in [0.1, 0.15) is 24.2 Å². The molecule has 1 rings (SSSR count). The highest BCUT2D eigenvalue weighted by atomic mass is 16.5. The number of carboxylic acid groups (broad SMARTS) is 1. The molecule has 0 spiro atoms. The Balaban J connectivity index is 2.97. The number of ether oxygens (including phenoxy) is 3. The van der Waals surface area contributed by atoms with E-state index in [-0.39, 0.29) is 12.7 Å². The van der Waals surface area contributed by atoms with E-state index >= 15 is 0 Å². The molecule has 0 aromatic heterocycles. The summed E-state index contributed by atoms with van der Waals surface area (Å²) in [4.78, 5) is 10.5. The Morgan fingerprint density at radius 2 is 1.83 bits per heavy atom. The molecule has 1 aromatic rings. The van der Waals surface area contributed by atoms with Crippen molar-refractivity contribution in [2.24, 2.45) is 0 Å². The standard InChI is InChI=1S/C13H18O5/c1-8-5-11(16-3)12(17-4)6-10(8)9(2)18-7-13(14)15/h5-6,9H,7H2,1-4H3,(H,14,15). The van der Waals surface area contributed by atoms with Gasteiger partial charge in [0.05, 0.1) is 20.3 Å². The predicted octanol–water partition coefficient (Wildman–Crippen LogP) is 2.17. The summed E-state index contributed by atoms with van der Waals surface area (Å²) in [5.41, 5.74) is 1.85. The number of benzene rings is 1. The van der Waals surface area contributed by atoms with E-state index in [1.54, 1.807) is 27.2 Å². The van der Waals surface area contributed by atoms with E-state index in [0.29, 0.717) is 11.5 Å². The summed E-state index contributed by atoms with van der Waals surface area (Å²) in [6, 6.07) is 3.65. The second-order valence-electron chi connectivity index (χ2n) is 3.91. The summed E-state index contributed by atoms with van der Waals surface area (Å²) in [5.74, 6) is 0.257. The zero-order valence-corrected chi connectivity index (χ0v) is 11.0. The molecule has 5 nitrogen and oxygen atoms in total. The minimum Gasteiger partial charge on any atom is -0.493 e. The number of hydrogen-bond acceptors (Lipinski definition) is 4. The average molecular weight is 254 g/mol. The van der Waals surface area contributed by atoms with Crippen molar-refractivity contribution in [3.8, 4) is 11.5 Å². The normalized spacial score (nSPS) is 12.0. The summed E-state index contributed by atoms with van der Waals surface area (Å²) >= 11 is 0. The highest BCUT2D eigenvalue weighted by molar-refractivity contribution is 5.68. The number of hydrogen-bond donors (Lipinski definition) is 1. The average Bonchev–Trinajstić information content (AvgIpc) is 2.35. The first-order chi connectivity index (χ1) is 8.49. The first-order valence-corrected chi connectivity index (χ1v) is 5.55. The van der Waals surface area contributed by atoms with E-state index in [2.05, 4.69) is 0 Å². The van der Waals surface area contributed by atoms with E-state index < -0.39 is 5.97 Å². The van der Waals surface area contributed by atoms with Gasteiger partial charge in [0.2, 0.25) is 0 Å². The summed E-state index contributed by atoms with van der Waals surface area (Å²) < 4.78 is 15.6. The van der Waals surface area contributed by atoms with Gasteiger partial charge in [-0.3, -0.25) is 0 Å². The zero-order chi connectivity index (χ0) is 13.7. The largest absolute Gasteiger partial charge is 0.493 e. The molecular weight excluding hydrogens is 236 g/mol. The third-order valence-electron chi connectivity index (χ3n) is 2.67. The van der Waals surface area contributed by atoms with Crippen LogP contribution in [-0.4, -0.2) is 31.9 Å². The van der Waals surface area contributed by atoms with Gasteiger partial charge in [-0.2, -0.15) is 0 Å². The Hall–Kier alpha value is -1.75. The first-order valence-electron chi connectivity index (χ1n) is 5.55. The van der Waals surface area contributed by atoms with Crippen molar-refractivity contribution in [2.75, 3.05) is 20.8 Å². The molecule has 0 bridgehead atoms. The molecule has 0 radical (unpaired) electrons. The molecule has 5 heteroatoms. The van der Waals surface area contributed by atoms with E-state index in [1.807, 2.05) is 13.0 Å². The number of aryl methyl sites for hydroxylation is 1. The third kappa shape index (κ3) is 3.37. The third-order valence-corrected chi connectivity index (χ3v) is 2.67. The van der Waals surface area contributed by atoms with Gasteiger partial charge in [-0.1, -0.05) is 0 Å². The van der Waals surface area contributed by atoms with Crippen molar-refractivity contribution in [2.45, 2.75) is 20.0 Å². The molecule has 0 saturated carbocycles. The van der Waals surface area contributed by atoms with Crippen LogP contribution < -0.4 is 9.47 Å². The Morgan fingerprint density at radius 1 is 1.28 bits per heavy atom. The highest BCUT2D eigenvalue weighted by Gasteiger charge is 2.15. The van der Waals surface area contributed by atoms with E-state index in [1.165, 1.54) is 0 Å². The Labute approximate surface area is 106 Å². The van der Waals surface area contributed by atoms with Crippen LogP contribution in [0.25, 0.3) is 0 Å². The first kappa shape index (κ1) is 14.3. The Morgan fingerprint density at radius 3 is 2.33 bits per heavy atom. The summed E-state index contributed by atoms with van der Waals surface area (Å²) in [6.45, 7) is 3.39. The molecule has 1 unspecified atom stereocenters. The second kappa shape index (κ2) is 6.26. The van der Waals surface area contributed by atoms with Crippen LogP contribution in [0.4, 0.5) is 0 Å². The van der Waals surface area contributed by atoms with Gasteiger partial charge in [0.1, 0.15) is 6.61 Å². The minimum atomic E-state index is -0.986. The fourth-order valence-corrected chi connectivity index (χ4v) is 1.72. The van der Waals surface area contributed by atoms with Crippen molar-refractivity contribution in [3.05, 3.63) is 23.3 Å². The highest BCUT2D eigenvalue weighted by Crippen LogP contribution is 2.33. The number of carboxylic acids is 1. The van der Waals surface area contributed by atoms with Crippen LogP contribution >= 0.6 is 0 Å². The van der Waals surface area contributed by atoms with Crippen LogP contribution in [-0.2, 0) is 9.53 Å². The van der Waals surface area contributed by atoms with Gasteiger partial charge in [0, 0.05) is 0 Å². The molecule has 0 aliphatic carbocycles. The van der Waals surface area contributed by atoms with Crippen LogP contribution in [0.5, 0.6) is 11.5 Å². The van der Waals surface area contributed by atoms with Gasteiger partial charge in [0.25, 0.3) is 0 Å². The van der Waals surface area contributed by atoms with Gasteiger partial charge >= 0.3 is 5.97 Å². The van der Waals surface area contributed by atoms with Crippen molar-refractivity contribution in [1.82, 2.24) is 0 Å². The van der Waals surface area contributed by atoms with Gasteiger partial charge in [-0.15, -0.1) is 0 Å². The van der Waals surface area contributed by atoms with Crippen molar-refractivity contribution in [1.29, 1.82) is 0 Å². The quantitative estimate of drug-likeness (QED) is 0.842. The smallest absolute Gasteiger partial charge is 0.329 e. The molecule has 18 heavy (non-hydrogen) atoms. The van der Waals surface area contributed by atoms with Crippen molar-refractivity contribution < 1.29 is 24.1 Å². The molecule has 0 saturated heterocycles. The molecule has 1 atom stereocenters. The molecule has 0 aliphatic rings. The summed E-state index contributed by atoms with van der Waals surface area (Å²) in [5, 5.41) is 8.59. The molecule has 0 heterocycles. The van der Waals surface area contributed by atoms with Gasteiger partial charge in [0.15, 0.2) is 11.5 Å². The van der Waals surface area contributed by atoms with Crippen LogP contribution in [0.2, 0.25) is 0 Å². The number of rotatable bonds is 6. The number of methoxy groups -OCH3 is 2. The Bertz CT molecular complexity index is 428. The van der Waals surface area contributed by atoms with Crippen LogP contribution in [0.3, 0.4) is 0 Å². The van der Waals surface area contributed by atoms with Gasteiger partial charge in [-0.25, -0.2) is 4.79 Å². The lowest BCUT2D eigenvalue weighted by Crippen LogP contribution is -2.11. The molecule has 0 amide bonds. The van der Waals surface area contributed by atoms with Crippen molar-refractivity contribution in [3.63, 3.8) is 0 Å². The fourth-order valence-electron chi connectivity index (χ4n) is 1.72. The predicted molar refractivity (Wildman–Crippen MR) is 66.3 cm³/mol. The molecule has 100 valence electrons. The lowest BCUT2D eigenvalue weighted by molar-refractivity contribution is -0.144. The van der Waals surface area contributed by atoms with E-state index in [4.69, 9.17) is 19.3 Å². The lowest BCUT2D eigenvalue weighted by atomic mass is 10.0. The minimum absolute atomic E-state index is 0.319. The molecule has 0 fully saturated rings. The maximum atomic E-state index is 10.5. The summed E-state index contributed by atoms with van der Waals surface area (Å²) in [6.07, 6.45) is -0.319. The zero-order valence-electron chi connectivity index (χ0n) is 11.0. The maximum absolute atomic E-state index is 10.5. The van der Waals surface area contributed by atoms with Gasteiger partial charge < -0.3 is 19.3 Å². The van der Waals surface area contributed by atoms with Crippen LogP contribution in [0, 0.1) is 6.92 Å². The monoisotopic (exact) mass is 254 g/mol. The fraction of sp³-hybridized carbons (Fsp3) is 0.462. The van der Waals surface area contributed by atoms with Crippen LogP contribution in [0.15, 0.2) is 12.1 Å². The topological polar surface area (TPSA) is 65.0 Å². The Kier molecular flexibility index (Phi) is 4.97. The molecule has 1 N–H and O–H groups in total. The van der Waals surface area contributed by atoms with E-state index in [0.717, 1.165) is 11.1 Å². The van der Waals surface area contributed by atoms with Gasteiger partial charge in [-0.05, 0) is 37.1 Å². The molecule has 0 aliphatic heterocycles. The van der Waals surface area contributed by atoms with E-state index in [9.17, 15) is 4.79 Å². The SMILES string of the molecule is COc1cc(C)c(C(C)OCC(=O)O)cc1OC. The number of carbonyl (C=O) groups is 1. The molecule has 1 aromatic carbocycles. The molecular formula is C13H18O5. The summed E-state index contributed by atoms with van der Waals surface area (Å²) in [7, 11) is 3.13. The number of aliphatic carboxylic acids is 1. The second-order valence-corrected chi connectivity index (χ2v) is 3.91. The maximum Gasteiger partial charge on any atom is 0.329 e.